The molecule has 0 radical (unpaired) electrons. The molecule has 1 rings (SSSR count). The number of hydrogen-bond donors (Lipinski definition) is 2. The van der Waals surface area contributed by atoms with Crippen LogP contribution < -0.4 is 16.2 Å². The third kappa shape index (κ3) is 11.2. The van der Waals surface area contributed by atoms with Gasteiger partial charge >= 0.3 is 0 Å². The molecule has 0 aliphatic rings. The van der Waals surface area contributed by atoms with Crippen LogP contribution in [0.2, 0.25) is 0 Å². The molecule has 0 saturated carbocycles. The van der Waals surface area contributed by atoms with Crippen LogP contribution in [0.25, 0.3) is 0 Å². The fraction of sp³-hybridized carbons (Fsp3) is 0.571. The second-order valence-electron chi connectivity index (χ2n) is 5.05. The highest BCUT2D eigenvalue weighted by atomic mass is 16.5. The van der Waals surface area contributed by atoms with Gasteiger partial charge in [-0.05, 0) is 30.5 Å². The topological polar surface area (TPSA) is 61.3 Å². The van der Waals surface area contributed by atoms with Gasteiger partial charge < -0.3 is 16.2 Å². The lowest BCUT2D eigenvalue weighted by molar-refractivity contribution is 0.328. The molecule has 0 aromatic heterocycles. The number of rotatable bonds is 4. The van der Waals surface area contributed by atoms with Crippen molar-refractivity contribution in [1.82, 2.24) is 0 Å². The Morgan fingerprint density at radius 2 is 1.59 bits per heavy atom. The van der Waals surface area contributed by atoms with Crippen LogP contribution in [0.3, 0.4) is 0 Å². The molecule has 0 saturated heterocycles. The molecule has 98 valence electrons. The van der Waals surface area contributed by atoms with Gasteiger partial charge in [0.2, 0.25) is 0 Å². The molecule has 0 unspecified atom stereocenters. The summed E-state index contributed by atoms with van der Waals surface area (Å²) in [6.45, 7) is 8.54. The predicted octanol–water partition coefficient (Wildman–Crippen LogP) is 2.41. The van der Waals surface area contributed by atoms with Gasteiger partial charge in [0.1, 0.15) is 12.4 Å². The summed E-state index contributed by atoms with van der Waals surface area (Å²) in [7, 11) is 0. The monoisotopic (exact) mass is 238 g/mol. The molecule has 1 aromatic rings. The van der Waals surface area contributed by atoms with Gasteiger partial charge in [0, 0.05) is 6.54 Å². The van der Waals surface area contributed by atoms with Crippen LogP contribution in [-0.4, -0.2) is 19.7 Å². The van der Waals surface area contributed by atoms with Crippen molar-refractivity contribution in [3.63, 3.8) is 0 Å². The summed E-state index contributed by atoms with van der Waals surface area (Å²) in [6.07, 6.45) is 1.12. The van der Waals surface area contributed by atoms with E-state index in [1.165, 1.54) is 0 Å². The number of nitrogens with two attached hydrogens (primary N) is 2. The standard InChI is InChI=1S/C8H11NO.C6H15N/c9-6-7-10-8-4-2-1-3-5-8;1-6(2,3)4-5-7/h1-5H,6-7,9H2;4-5,7H2,1-3H3. The molecule has 0 aliphatic heterocycles. The Labute approximate surface area is 105 Å². The zero-order chi connectivity index (χ0) is 13.1. The maximum absolute atomic E-state index is 5.31. The first kappa shape index (κ1) is 15.9. The zero-order valence-corrected chi connectivity index (χ0v) is 11.3. The highest BCUT2D eigenvalue weighted by Gasteiger charge is 2.06. The van der Waals surface area contributed by atoms with E-state index in [0.29, 0.717) is 18.6 Å². The van der Waals surface area contributed by atoms with Crippen LogP contribution in [0.1, 0.15) is 27.2 Å². The normalized spacial score (nSPS) is 10.4. The van der Waals surface area contributed by atoms with Gasteiger partial charge in [-0.15, -0.1) is 0 Å². The van der Waals surface area contributed by atoms with Gasteiger partial charge in [0.25, 0.3) is 0 Å². The van der Waals surface area contributed by atoms with Gasteiger partial charge in [-0.1, -0.05) is 39.0 Å². The average molecular weight is 238 g/mol. The first-order chi connectivity index (χ1) is 7.99. The maximum Gasteiger partial charge on any atom is 0.119 e. The van der Waals surface area contributed by atoms with Gasteiger partial charge in [-0.25, -0.2) is 0 Å². The first-order valence-electron chi connectivity index (χ1n) is 6.07. The van der Waals surface area contributed by atoms with Crippen molar-refractivity contribution >= 4 is 0 Å². The molecule has 0 aliphatic carbocycles. The highest BCUT2D eigenvalue weighted by molar-refractivity contribution is 5.20. The number of hydrogen-bond acceptors (Lipinski definition) is 3. The third-order valence-electron chi connectivity index (χ3n) is 2.02. The molecule has 0 fully saturated rings. The fourth-order valence-corrected chi connectivity index (χ4v) is 1.13. The molecule has 3 heteroatoms. The zero-order valence-electron chi connectivity index (χ0n) is 11.3. The Balaban J connectivity index is 0.000000325. The quantitative estimate of drug-likeness (QED) is 0.846. The SMILES string of the molecule is CC(C)(C)CCN.NCCOc1ccccc1. The van der Waals surface area contributed by atoms with E-state index in [2.05, 4.69) is 20.8 Å². The van der Waals surface area contributed by atoms with E-state index in [1.54, 1.807) is 0 Å². The molecular formula is C14H26N2O. The minimum atomic E-state index is 0.425. The molecule has 17 heavy (non-hydrogen) atoms. The van der Waals surface area contributed by atoms with Crippen LogP contribution in [0, 0.1) is 5.41 Å². The van der Waals surface area contributed by atoms with E-state index in [0.717, 1.165) is 18.7 Å². The van der Waals surface area contributed by atoms with Gasteiger partial charge in [0.05, 0.1) is 0 Å². The van der Waals surface area contributed by atoms with E-state index in [9.17, 15) is 0 Å². The molecule has 0 heterocycles. The second-order valence-corrected chi connectivity index (χ2v) is 5.05. The Hall–Kier alpha value is -1.06. The number of ether oxygens (including phenoxy) is 1. The summed E-state index contributed by atoms with van der Waals surface area (Å²) in [6, 6.07) is 9.65. The van der Waals surface area contributed by atoms with Crippen molar-refractivity contribution in [3.05, 3.63) is 30.3 Å². The molecule has 0 bridgehead atoms. The summed E-state index contributed by atoms with van der Waals surface area (Å²) < 4.78 is 5.23. The molecule has 0 spiro atoms. The van der Waals surface area contributed by atoms with Gasteiger partial charge in [-0.2, -0.15) is 0 Å². The van der Waals surface area contributed by atoms with Crippen LogP contribution in [0.4, 0.5) is 0 Å². The summed E-state index contributed by atoms with van der Waals surface area (Å²) >= 11 is 0. The summed E-state index contributed by atoms with van der Waals surface area (Å²) in [5, 5.41) is 0. The van der Waals surface area contributed by atoms with Crippen LogP contribution >= 0.6 is 0 Å². The van der Waals surface area contributed by atoms with Crippen molar-refractivity contribution in [2.24, 2.45) is 16.9 Å². The van der Waals surface area contributed by atoms with Crippen molar-refractivity contribution < 1.29 is 4.74 Å². The number of para-hydroxylation sites is 1. The van der Waals surface area contributed by atoms with Gasteiger partial charge in [0.15, 0.2) is 0 Å². The molecule has 0 amide bonds. The lowest BCUT2D eigenvalue weighted by Gasteiger charge is -2.15. The molecule has 3 nitrogen and oxygen atoms in total. The van der Waals surface area contributed by atoms with Crippen LogP contribution in [-0.2, 0) is 0 Å². The van der Waals surface area contributed by atoms with E-state index in [1.807, 2.05) is 30.3 Å². The predicted molar refractivity (Wildman–Crippen MR) is 74.1 cm³/mol. The molecular weight excluding hydrogens is 212 g/mol. The van der Waals surface area contributed by atoms with Crippen molar-refractivity contribution in [2.75, 3.05) is 19.7 Å². The Bertz CT molecular complexity index is 267. The molecule has 1 aromatic carbocycles. The largest absolute Gasteiger partial charge is 0.492 e. The summed E-state index contributed by atoms with van der Waals surface area (Å²) in [5.74, 6) is 0.882. The highest BCUT2D eigenvalue weighted by Crippen LogP contribution is 2.16. The Morgan fingerprint density at radius 1 is 1.00 bits per heavy atom. The van der Waals surface area contributed by atoms with Gasteiger partial charge in [-0.3, -0.25) is 0 Å². The minimum Gasteiger partial charge on any atom is -0.492 e. The molecule has 4 N–H and O–H groups in total. The smallest absolute Gasteiger partial charge is 0.119 e. The Morgan fingerprint density at radius 3 is 1.94 bits per heavy atom. The van der Waals surface area contributed by atoms with Crippen molar-refractivity contribution in [2.45, 2.75) is 27.2 Å². The minimum absolute atomic E-state index is 0.425. The second kappa shape index (κ2) is 9.02. The first-order valence-corrected chi connectivity index (χ1v) is 6.07. The third-order valence-corrected chi connectivity index (χ3v) is 2.02. The van der Waals surface area contributed by atoms with Crippen molar-refractivity contribution in [1.29, 1.82) is 0 Å². The summed E-state index contributed by atoms with van der Waals surface area (Å²) in [5.41, 5.74) is 11.0. The van der Waals surface area contributed by atoms with E-state index in [-0.39, 0.29) is 0 Å². The lowest BCUT2D eigenvalue weighted by Crippen LogP contribution is -2.12. The Kier molecular flexibility index (Phi) is 8.46. The van der Waals surface area contributed by atoms with Crippen LogP contribution in [0.5, 0.6) is 5.75 Å². The average Bonchev–Trinajstić information content (AvgIpc) is 2.27. The van der Waals surface area contributed by atoms with E-state index < -0.39 is 0 Å². The number of benzene rings is 1. The van der Waals surface area contributed by atoms with E-state index >= 15 is 0 Å². The maximum atomic E-state index is 5.31. The summed E-state index contributed by atoms with van der Waals surface area (Å²) in [4.78, 5) is 0. The molecule has 0 atom stereocenters. The fourth-order valence-electron chi connectivity index (χ4n) is 1.13. The van der Waals surface area contributed by atoms with Crippen molar-refractivity contribution in [3.8, 4) is 5.75 Å². The van der Waals surface area contributed by atoms with E-state index in [4.69, 9.17) is 16.2 Å². The van der Waals surface area contributed by atoms with Crippen LogP contribution in [0.15, 0.2) is 30.3 Å². The lowest BCUT2D eigenvalue weighted by atomic mass is 9.93.